The first-order valence-corrected chi connectivity index (χ1v) is 7.15. The predicted octanol–water partition coefficient (Wildman–Crippen LogP) is 3.13. The zero-order valence-corrected chi connectivity index (χ0v) is 12.1. The molecule has 0 saturated carbocycles. The first kappa shape index (κ1) is 14.3. The number of amides is 1. The maximum atomic E-state index is 12.5. The SMILES string of the molecule is CCCN(CCC)C(=O)c1cccc(-n2cccn2)c1. The van der Waals surface area contributed by atoms with Crippen molar-refractivity contribution in [3.8, 4) is 5.69 Å². The Morgan fingerprint density at radius 2 is 1.95 bits per heavy atom. The van der Waals surface area contributed by atoms with Gasteiger partial charge in [-0.15, -0.1) is 0 Å². The number of aromatic nitrogens is 2. The van der Waals surface area contributed by atoms with E-state index in [0.29, 0.717) is 0 Å². The summed E-state index contributed by atoms with van der Waals surface area (Å²) in [6, 6.07) is 9.49. The summed E-state index contributed by atoms with van der Waals surface area (Å²) in [5, 5.41) is 4.20. The highest BCUT2D eigenvalue weighted by Gasteiger charge is 2.14. The smallest absolute Gasteiger partial charge is 0.253 e. The van der Waals surface area contributed by atoms with Crippen molar-refractivity contribution < 1.29 is 4.79 Å². The highest BCUT2D eigenvalue weighted by molar-refractivity contribution is 5.94. The Bertz CT molecular complexity index is 543. The molecule has 1 heterocycles. The molecule has 106 valence electrons. The van der Waals surface area contributed by atoms with Crippen LogP contribution in [0.2, 0.25) is 0 Å². The van der Waals surface area contributed by atoms with E-state index < -0.39 is 0 Å². The van der Waals surface area contributed by atoms with E-state index in [4.69, 9.17) is 0 Å². The van der Waals surface area contributed by atoms with Gasteiger partial charge in [-0.3, -0.25) is 4.79 Å². The van der Waals surface area contributed by atoms with Crippen LogP contribution < -0.4 is 0 Å². The van der Waals surface area contributed by atoms with E-state index in [-0.39, 0.29) is 5.91 Å². The minimum absolute atomic E-state index is 0.0997. The van der Waals surface area contributed by atoms with E-state index in [1.165, 1.54) is 0 Å². The lowest BCUT2D eigenvalue weighted by Gasteiger charge is -2.21. The molecule has 0 N–H and O–H groups in total. The van der Waals surface area contributed by atoms with Crippen LogP contribution in [0.4, 0.5) is 0 Å². The van der Waals surface area contributed by atoms with E-state index in [9.17, 15) is 4.79 Å². The molecule has 1 amide bonds. The average molecular weight is 271 g/mol. The molecule has 0 aliphatic rings. The molecule has 0 atom stereocenters. The summed E-state index contributed by atoms with van der Waals surface area (Å²) < 4.78 is 1.76. The van der Waals surface area contributed by atoms with Crippen molar-refractivity contribution in [3.63, 3.8) is 0 Å². The Morgan fingerprint density at radius 3 is 2.55 bits per heavy atom. The molecule has 0 aliphatic heterocycles. The van der Waals surface area contributed by atoms with Gasteiger partial charge in [0.05, 0.1) is 5.69 Å². The van der Waals surface area contributed by atoms with E-state index in [1.807, 2.05) is 41.4 Å². The summed E-state index contributed by atoms with van der Waals surface area (Å²) in [6.45, 7) is 5.80. The van der Waals surface area contributed by atoms with Crippen LogP contribution in [0.25, 0.3) is 5.69 Å². The van der Waals surface area contributed by atoms with Crippen LogP contribution in [0.5, 0.6) is 0 Å². The molecule has 0 unspecified atom stereocenters. The van der Waals surface area contributed by atoms with Gasteiger partial charge in [-0.05, 0) is 37.1 Å². The van der Waals surface area contributed by atoms with Gasteiger partial charge in [-0.2, -0.15) is 5.10 Å². The van der Waals surface area contributed by atoms with Gasteiger partial charge in [0.25, 0.3) is 5.91 Å². The molecular weight excluding hydrogens is 250 g/mol. The summed E-state index contributed by atoms with van der Waals surface area (Å²) in [4.78, 5) is 14.5. The quantitative estimate of drug-likeness (QED) is 0.809. The second-order valence-corrected chi connectivity index (χ2v) is 4.79. The Kier molecular flexibility index (Phi) is 4.93. The van der Waals surface area contributed by atoms with E-state index in [2.05, 4.69) is 18.9 Å². The number of hydrogen-bond acceptors (Lipinski definition) is 2. The summed E-state index contributed by atoms with van der Waals surface area (Å²) >= 11 is 0. The number of carbonyl (C=O) groups excluding carboxylic acids is 1. The first-order chi connectivity index (χ1) is 9.76. The van der Waals surface area contributed by atoms with Gasteiger partial charge in [-0.1, -0.05) is 19.9 Å². The maximum absolute atomic E-state index is 12.5. The van der Waals surface area contributed by atoms with Crippen molar-refractivity contribution in [2.45, 2.75) is 26.7 Å². The fourth-order valence-electron chi connectivity index (χ4n) is 2.24. The Hall–Kier alpha value is -2.10. The minimum Gasteiger partial charge on any atom is -0.339 e. The molecule has 0 radical (unpaired) electrons. The highest BCUT2D eigenvalue weighted by Crippen LogP contribution is 2.12. The molecule has 2 rings (SSSR count). The van der Waals surface area contributed by atoms with Crippen LogP contribution in [-0.4, -0.2) is 33.7 Å². The van der Waals surface area contributed by atoms with E-state index in [1.54, 1.807) is 10.9 Å². The number of rotatable bonds is 6. The third kappa shape index (κ3) is 3.26. The third-order valence-electron chi connectivity index (χ3n) is 3.14. The van der Waals surface area contributed by atoms with Crippen LogP contribution in [-0.2, 0) is 0 Å². The fraction of sp³-hybridized carbons (Fsp3) is 0.375. The summed E-state index contributed by atoms with van der Waals surface area (Å²) in [6.07, 6.45) is 5.56. The van der Waals surface area contributed by atoms with Crippen LogP contribution in [0.1, 0.15) is 37.0 Å². The molecule has 0 spiro atoms. The summed E-state index contributed by atoms with van der Waals surface area (Å²) in [5.74, 6) is 0.0997. The van der Waals surface area contributed by atoms with Crippen molar-refractivity contribution in [2.24, 2.45) is 0 Å². The second kappa shape index (κ2) is 6.89. The van der Waals surface area contributed by atoms with Gasteiger partial charge < -0.3 is 4.90 Å². The molecule has 4 heteroatoms. The number of hydrogen-bond donors (Lipinski definition) is 0. The van der Waals surface area contributed by atoms with Crippen molar-refractivity contribution in [1.29, 1.82) is 0 Å². The second-order valence-electron chi connectivity index (χ2n) is 4.79. The number of benzene rings is 1. The Labute approximate surface area is 120 Å². The van der Waals surface area contributed by atoms with Gasteiger partial charge in [-0.25, -0.2) is 4.68 Å². The lowest BCUT2D eigenvalue weighted by Crippen LogP contribution is -2.32. The van der Waals surface area contributed by atoms with Crippen molar-refractivity contribution in [1.82, 2.24) is 14.7 Å². The topological polar surface area (TPSA) is 38.1 Å². The molecule has 1 aromatic heterocycles. The van der Waals surface area contributed by atoms with Gasteiger partial charge in [0.15, 0.2) is 0 Å². The number of carbonyl (C=O) groups is 1. The zero-order chi connectivity index (χ0) is 14.4. The monoisotopic (exact) mass is 271 g/mol. The minimum atomic E-state index is 0.0997. The zero-order valence-electron chi connectivity index (χ0n) is 12.1. The van der Waals surface area contributed by atoms with Crippen molar-refractivity contribution >= 4 is 5.91 Å². The summed E-state index contributed by atoms with van der Waals surface area (Å²) in [7, 11) is 0. The maximum Gasteiger partial charge on any atom is 0.253 e. The molecule has 4 nitrogen and oxygen atoms in total. The van der Waals surface area contributed by atoms with Gasteiger partial charge >= 0.3 is 0 Å². The van der Waals surface area contributed by atoms with Crippen LogP contribution in [0.3, 0.4) is 0 Å². The van der Waals surface area contributed by atoms with E-state index in [0.717, 1.165) is 37.2 Å². The third-order valence-corrected chi connectivity index (χ3v) is 3.14. The van der Waals surface area contributed by atoms with Crippen molar-refractivity contribution in [2.75, 3.05) is 13.1 Å². The molecule has 2 aromatic rings. The fourth-order valence-corrected chi connectivity index (χ4v) is 2.24. The lowest BCUT2D eigenvalue weighted by atomic mass is 10.1. The normalized spacial score (nSPS) is 10.5. The molecule has 0 bridgehead atoms. The van der Waals surface area contributed by atoms with Gasteiger partial charge in [0.2, 0.25) is 0 Å². The largest absolute Gasteiger partial charge is 0.339 e. The Balaban J connectivity index is 2.23. The standard InChI is InChI=1S/C16H21N3O/c1-3-10-18(11-4-2)16(20)14-7-5-8-15(13-14)19-12-6-9-17-19/h5-9,12-13H,3-4,10-11H2,1-2H3. The molecule has 0 saturated heterocycles. The van der Waals surface area contributed by atoms with Crippen LogP contribution >= 0.6 is 0 Å². The average Bonchev–Trinajstić information content (AvgIpc) is 3.01. The van der Waals surface area contributed by atoms with Crippen LogP contribution in [0, 0.1) is 0 Å². The molecule has 20 heavy (non-hydrogen) atoms. The van der Waals surface area contributed by atoms with Crippen molar-refractivity contribution in [3.05, 3.63) is 48.3 Å². The predicted molar refractivity (Wildman–Crippen MR) is 80.0 cm³/mol. The molecule has 1 aromatic carbocycles. The van der Waals surface area contributed by atoms with E-state index >= 15 is 0 Å². The number of nitrogens with zero attached hydrogens (tertiary/aromatic N) is 3. The van der Waals surface area contributed by atoms with Gasteiger partial charge in [0, 0.05) is 31.0 Å². The molecule has 0 fully saturated rings. The molecule has 0 aliphatic carbocycles. The first-order valence-electron chi connectivity index (χ1n) is 7.15. The lowest BCUT2D eigenvalue weighted by molar-refractivity contribution is 0.0755. The van der Waals surface area contributed by atoms with Crippen LogP contribution in [0.15, 0.2) is 42.7 Å². The summed E-state index contributed by atoms with van der Waals surface area (Å²) in [5.41, 5.74) is 1.63. The van der Waals surface area contributed by atoms with Gasteiger partial charge in [0.1, 0.15) is 0 Å². The molecular formula is C16H21N3O. The highest BCUT2D eigenvalue weighted by atomic mass is 16.2. The Morgan fingerprint density at radius 1 is 1.20 bits per heavy atom.